The van der Waals surface area contributed by atoms with Crippen LogP contribution in [0.25, 0.3) is 0 Å². The van der Waals surface area contributed by atoms with Crippen molar-refractivity contribution < 1.29 is 23.8 Å². The van der Waals surface area contributed by atoms with Crippen molar-refractivity contribution >= 4 is 46.5 Å². The molecule has 6 rings (SSSR count). The van der Waals surface area contributed by atoms with Gasteiger partial charge in [-0.15, -0.1) is 11.3 Å². The summed E-state index contributed by atoms with van der Waals surface area (Å²) in [5, 5.41) is 15.3. The SMILES string of the molecule is COC(=O)C1=C(CN2CCN3C(=O)N(c4ccc(C[C@@H](C)CO)cc4)C[C@@H]3C2)NC(c2nccs2)=N[C@H]1c1ccc(F)cc1Cl. The zero-order chi connectivity index (χ0) is 31.7. The highest BCUT2D eigenvalue weighted by atomic mass is 35.5. The Morgan fingerprint density at radius 2 is 2.02 bits per heavy atom. The molecule has 4 heterocycles. The largest absolute Gasteiger partial charge is 0.466 e. The number of rotatable bonds is 9. The van der Waals surface area contributed by atoms with Crippen LogP contribution in [0.1, 0.15) is 29.1 Å². The molecule has 10 nitrogen and oxygen atoms in total. The standard InChI is InChI=1S/C32H34ClFN6O4S/c1-19(18-41)13-20-3-6-22(7-4-20)40-16-23-15-38(10-11-39(23)32(40)43)17-26-27(31(42)44-2)28(24-8-5-21(34)14-25(24)33)37-29(36-26)30-35-9-12-45-30/h3-9,12,14,19,23,28,41H,10-11,13,15-18H2,1-2H3,(H,36,37)/t19-,23+,28+/m1/s1. The van der Waals surface area contributed by atoms with Crippen LogP contribution in [0.15, 0.2) is 70.3 Å². The summed E-state index contributed by atoms with van der Waals surface area (Å²) in [5.74, 6) is -0.404. The molecule has 3 aliphatic heterocycles. The van der Waals surface area contributed by atoms with Crippen LogP contribution in [0.5, 0.6) is 0 Å². The third-order valence-electron chi connectivity index (χ3n) is 8.39. The first kappa shape index (κ1) is 31.2. The molecule has 13 heteroatoms. The highest BCUT2D eigenvalue weighted by Gasteiger charge is 2.42. The number of nitrogens with one attached hydrogen (secondary N) is 1. The number of urea groups is 1. The first-order valence-electron chi connectivity index (χ1n) is 14.8. The van der Waals surface area contributed by atoms with E-state index in [1.54, 1.807) is 6.20 Å². The van der Waals surface area contributed by atoms with Gasteiger partial charge in [-0.2, -0.15) is 0 Å². The maximum atomic E-state index is 14.0. The van der Waals surface area contributed by atoms with Gasteiger partial charge in [-0.1, -0.05) is 36.7 Å². The molecule has 2 saturated heterocycles. The van der Waals surface area contributed by atoms with E-state index < -0.39 is 17.8 Å². The van der Waals surface area contributed by atoms with E-state index in [4.69, 9.17) is 21.3 Å². The first-order valence-corrected chi connectivity index (χ1v) is 16.0. The van der Waals surface area contributed by atoms with E-state index in [0.29, 0.717) is 54.8 Å². The zero-order valence-corrected chi connectivity index (χ0v) is 26.5. The molecule has 45 heavy (non-hydrogen) atoms. The number of aliphatic imine (C=N–C) groups is 1. The van der Waals surface area contributed by atoms with Gasteiger partial charge in [0, 0.05) is 72.9 Å². The number of thiazole rings is 1. The van der Waals surface area contributed by atoms with Crippen molar-refractivity contribution in [3.63, 3.8) is 0 Å². The minimum absolute atomic E-state index is 0.0226. The molecule has 236 valence electrons. The number of methoxy groups -OCH3 is 1. The monoisotopic (exact) mass is 652 g/mol. The molecule has 2 N–H and O–H groups in total. The molecular weight excluding hydrogens is 619 g/mol. The number of hydrogen-bond donors (Lipinski definition) is 2. The summed E-state index contributed by atoms with van der Waals surface area (Å²) in [7, 11) is 1.31. The lowest BCUT2D eigenvalue weighted by Gasteiger charge is -2.38. The zero-order valence-electron chi connectivity index (χ0n) is 25.0. The van der Waals surface area contributed by atoms with Crippen LogP contribution >= 0.6 is 22.9 Å². The summed E-state index contributed by atoms with van der Waals surface area (Å²) < 4.78 is 19.2. The Kier molecular flexibility index (Phi) is 9.18. The number of piperazine rings is 1. The summed E-state index contributed by atoms with van der Waals surface area (Å²) in [6, 6.07) is 11.1. The number of amides is 2. The average molecular weight is 653 g/mol. The van der Waals surface area contributed by atoms with Crippen LogP contribution in [0.2, 0.25) is 5.02 Å². The molecule has 2 fully saturated rings. The van der Waals surface area contributed by atoms with E-state index in [2.05, 4.69) is 15.2 Å². The third kappa shape index (κ3) is 6.46. The minimum atomic E-state index is -0.839. The quantitative estimate of drug-likeness (QED) is 0.333. The summed E-state index contributed by atoms with van der Waals surface area (Å²) in [6.07, 6.45) is 2.45. The molecule has 3 aliphatic rings. The highest BCUT2D eigenvalue weighted by Crippen LogP contribution is 2.37. The van der Waals surface area contributed by atoms with Gasteiger partial charge in [0.15, 0.2) is 10.8 Å². The van der Waals surface area contributed by atoms with E-state index in [9.17, 15) is 19.1 Å². The topological polar surface area (TPSA) is 111 Å². The van der Waals surface area contributed by atoms with Crippen molar-refractivity contribution in [3.05, 3.63) is 92.3 Å². The number of aliphatic hydroxyl groups excluding tert-OH is 1. The van der Waals surface area contributed by atoms with Crippen LogP contribution in [-0.2, 0) is 16.0 Å². The summed E-state index contributed by atoms with van der Waals surface area (Å²) >= 11 is 7.89. The van der Waals surface area contributed by atoms with Crippen molar-refractivity contribution in [3.8, 4) is 0 Å². The van der Waals surface area contributed by atoms with Gasteiger partial charge in [-0.3, -0.25) is 14.8 Å². The maximum absolute atomic E-state index is 14.0. The molecule has 0 aliphatic carbocycles. The van der Waals surface area contributed by atoms with Crippen molar-refractivity contribution in [2.24, 2.45) is 10.9 Å². The van der Waals surface area contributed by atoms with Gasteiger partial charge in [0.05, 0.1) is 18.7 Å². The number of fused-ring (bicyclic) bond motifs is 1. The Balaban J connectivity index is 1.24. The summed E-state index contributed by atoms with van der Waals surface area (Å²) in [5.41, 5.74) is 3.31. The van der Waals surface area contributed by atoms with Crippen LogP contribution in [0.3, 0.4) is 0 Å². The fourth-order valence-electron chi connectivity index (χ4n) is 6.10. The van der Waals surface area contributed by atoms with Crippen LogP contribution in [0, 0.1) is 11.7 Å². The smallest absolute Gasteiger partial charge is 0.338 e. The number of benzene rings is 2. The van der Waals surface area contributed by atoms with Crippen LogP contribution in [-0.4, -0.2) is 90.2 Å². The molecule has 0 bridgehead atoms. The first-order chi connectivity index (χ1) is 21.7. The fourth-order valence-corrected chi connectivity index (χ4v) is 6.96. The molecule has 0 unspecified atom stereocenters. The number of ether oxygens (including phenoxy) is 1. The Labute approximate surface area is 269 Å². The van der Waals surface area contributed by atoms with E-state index in [-0.39, 0.29) is 35.2 Å². The van der Waals surface area contributed by atoms with Crippen LogP contribution in [0.4, 0.5) is 14.9 Å². The van der Waals surface area contributed by atoms with Gasteiger partial charge in [0.25, 0.3) is 0 Å². The predicted octanol–water partition coefficient (Wildman–Crippen LogP) is 4.25. The molecule has 0 spiro atoms. The Morgan fingerprint density at radius 1 is 1.22 bits per heavy atom. The molecule has 2 aromatic carbocycles. The van der Waals surface area contributed by atoms with Gasteiger partial charge in [0.1, 0.15) is 11.9 Å². The van der Waals surface area contributed by atoms with E-state index in [1.165, 1.54) is 36.6 Å². The molecular formula is C32H34ClFN6O4S. The lowest BCUT2D eigenvalue weighted by Crippen LogP contribution is -2.53. The van der Waals surface area contributed by atoms with Gasteiger partial charge in [-0.25, -0.2) is 19.0 Å². The van der Waals surface area contributed by atoms with Crippen molar-refractivity contribution in [2.75, 3.05) is 51.3 Å². The molecule has 1 aromatic heterocycles. The van der Waals surface area contributed by atoms with Crippen molar-refractivity contribution in [2.45, 2.75) is 25.4 Å². The fraction of sp³-hybridized carbons (Fsp3) is 0.375. The average Bonchev–Trinajstić information content (AvgIpc) is 3.69. The number of aromatic nitrogens is 1. The predicted molar refractivity (Wildman–Crippen MR) is 171 cm³/mol. The highest BCUT2D eigenvalue weighted by molar-refractivity contribution is 7.11. The number of hydrogen-bond acceptors (Lipinski definition) is 9. The minimum Gasteiger partial charge on any atom is -0.466 e. The Hall–Kier alpha value is -3.84. The number of halogens is 2. The lowest BCUT2D eigenvalue weighted by atomic mass is 9.95. The number of carbonyl (C=O) groups excluding carboxylic acids is 2. The number of esters is 1. The molecule has 0 radical (unpaired) electrons. The Bertz CT molecular complexity index is 1630. The maximum Gasteiger partial charge on any atom is 0.338 e. The molecule has 3 aromatic rings. The number of carbonyl (C=O) groups is 2. The van der Waals surface area contributed by atoms with Gasteiger partial charge in [-0.05, 0) is 42.2 Å². The second-order valence-corrected chi connectivity index (χ2v) is 12.8. The van der Waals surface area contributed by atoms with E-state index in [0.717, 1.165) is 17.7 Å². The van der Waals surface area contributed by atoms with Gasteiger partial charge in [0.2, 0.25) is 0 Å². The molecule has 3 atom stereocenters. The van der Waals surface area contributed by atoms with E-state index in [1.807, 2.05) is 46.4 Å². The van der Waals surface area contributed by atoms with Gasteiger partial charge >= 0.3 is 12.0 Å². The third-order valence-corrected chi connectivity index (χ3v) is 9.49. The van der Waals surface area contributed by atoms with Gasteiger partial charge < -0.3 is 20.1 Å². The number of nitrogens with zero attached hydrogens (tertiary/aromatic N) is 5. The van der Waals surface area contributed by atoms with Crippen molar-refractivity contribution in [1.29, 1.82) is 0 Å². The Morgan fingerprint density at radius 3 is 2.71 bits per heavy atom. The van der Waals surface area contributed by atoms with Crippen LogP contribution < -0.4 is 10.2 Å². The van der Waals surface area contributed by atoms with E-state index >= 15 is 0 Å². The normalized spacial score (nSPS) is 21.0. The van der Waals surface area contributed by atoms with Crippen molar-refractivity contribution in [1.82, 2.24) is 20.1 Å². The molecule has 0 saturated carbocycles. The second-order valence-electron chi connectivity index (χ2n) is 11.5. The molecule has 2 amide bonds. The second kappa shape index (κ2) is 13.3. The summed E-state index contributed by atoms with van der Waals surface area (Å²) in [6.45, 7) is 4.76. The number of amidine groups is 1. The lowest BCUT2D eigenvalue weighted by molar-refractivity contribution is -0.136. The summed E-state index contributed by atoms with van der Waals surface area (Å²) in [4.78, 5) is 41.8. The number of aliphatic hydroxyl groups is 1. The number of anilines is 1.